The molecule has 5 nitrogen and oxygen atoms in total. The Labute approximate surface area is 164 Å². The van der Waals surface area contributed by atoms with Crippen molar-refractivity contribution < 1.29 is 14.4 Å². The van der Waals surface area contributed by atoms with E-state index in [1.54, 1.807) is 0 Å². The number of hydrogen-bond donors (Lipinski definition) is 0. The fraction of sp³-hybridized carbons (Fsp3) is 0.304. The maximum Gasteiger partial charge on any atom is 0.331 e. The second kappa shape index (κ2) is 7.50. The number of aryl methyl sites for hydroxylation is 1. The molecule has 1 aromatic heterocycles. The smallest absolute Gasteiger partial charge is 0.331 e. The molecule has 2 aromatic carbocycles. The zero-order valence-electron chi connectivity index (χ0n) is 16.3. The van der Waals surface area contributed by atoms with Crippen LogP contribution in [0.15, 0.2) is 54.2 Å². The van der Waals surface area contributed by atoms with Crippen molar-refractivity contribution in [2.24, 2.45) is 11.1 Å². The molecule has 0 saturated carbocycles. The maximum atomic E-state index is 11.4. The topological polar surface area (TPSA) is 52.8 Å². The van der Waals surface area contributed by atoms with Crippen LogP contribution in [-0.4, -0.2) is 22.9 Å². The van der Waals surface area contributed by atoms with E-state index in [0.29, 0.717) is 6.61 Å². The summed E-state index contributed by atoms with van der Waals surface area (Å²) in [4.78, 5) is 16.4. The Hall–Kier alpha value is -3.08. The molecule has 2 heterocycles. The zero-order valence-corrected chi connectivity index (χ0v) is 16.3. The summed E-state index contributed by atoms with van der Waals surface area (Å²) in [7, 11) is 0. The highest BCUT2D eigenvalue weighted by atomic mass is 16.7. The molecule has 0 N–H and O–H groups in total. The molecule has 1 unspecified atom stereocenters. The van der Waals surface area contributed by atoms with E-state index >= 15 is 0 Å². The van der Waals surface area contributed by atoms with Gasteiger partial charge < -0.3 is 14.1 Å². The predicted molar refractivity (Wildman–Crippen MR) is 112 cm³/mol. The largest absolute Gasteiger partial charge is 0.492 e. The number of oxime groups is 1. The number of rotatable bonds is 4. The minimum Gasteiger partial charge on any atom is -0.492 e. The number of carbonyl (C=O) groups excluding carboxylic acids is 1. The van der Waals surface area contributed by atoms with E-state index in [0.717, 1.165) is 52.7 Å². The van der Waals surface area contributed by atoms with Crippen LogP contribution in [0.2, 0.25) is 0 Å². The summed E-state index contributed by atoms with van der Waals surface area (Å²) in [5.74, 6) is 0.480. The van der Waals surface area contributed by atoms with Crippen LogP contribution in [-0.2, 0) is 16.2 Å². The van der Waals surface area contributed by atoms with Crippen molar-refractivity contribution in [2.75, 3.05) is 6.61 Å². The fourth-order valence-electron chi connectivity index (χ4n) is 4.13. The van der Waals surface area contributed by atoms with Gasteiger partial charge in [-0.3, -0.25) is 0 Å². The minimum atomic E-state index is -0.430. The quantitative estimate of drug-likeness (QED) is 0.363. The summed E-state index contributed by atoms with van der Waals surface area (Å²) in [6.45, 7) is 8.82. The fourth-order valence-corrected chi connectivity index (χ4v) is 4.13. The van der Waals surface area contributed by atoms with Gasteiger partial charge in [0.05, 0.1) is 23.2 Å². The van der Waals surface area contributed by atoms with Crippen LogP contribution in [0.1, 0.15) is 32.3 Å². The summed E-state index contributed by atoms with van der Waals surface area (Å²) < 4.78 is 8.57. The Morgan fingerprint density at radius 1 is 1.32 bits per heavy atom. The van der Waals surface area contributed by atoms with Gasteiger partial charge >= 0.3 is 5.97 Å². The molecular weight excluding hydrogens is 352 g/mol. The first kappa shape index (κ1) is 18.3. The third kappa shape index (κ3) is 2.97. The Kier molecular flexibility index (Phi) is 4.90. The van der Waals surface area contributed by atoms with E-state index in [9.17, 15) is 4.79 Å². The number of aromatic nitrogens is 1. The minimum absolute atomic E-state index is 0.0927. The van der Waals surface area contributed by atoms with E-state index in [4.69, 9.17) is 9.57 Å². The van der Waals surface area contributed by atoms with Crippen LogP contribution in [0.3, 0.4) is 0 Å². The normalized spacial score (nSPS) is 17.9. The van der Waals surface area contributed by atoms with E-state index < -0.39 is 5.97 Å². The molecule has 144 valence electrons. The number of hydrogen-bond acceptors (Lipinski definition) is 4. The van der Waals surface area contributed by atoms with Crippen molar-refractivity contribution in [3.8, 4) is 5.75 Å². The van der Waals surface area contributed by atoms with Gasteiger partial charge in [0, 0.05) is 35.9 Å². The van der Waals surface area contributed by atoms with Crippen LogP contribution >= 0.6 is 0 Å². The second-order valence-corrected chi connectivity index (χ2v) is 7.02. The van der Waals surface area contributed by atoms with Crippen LogP contribution in [0.4, 0.5) is 0 Å². The molecule has 0 spiro atoms. The number of fused-ring (bicyclic) bond motifs is 5. The van der Waals surface area contributed by atoms with Gasteiger partial charge in [0.25, 0.3) is 0 Å². The lowest BCUT2D eigenvalue weighted by atomic mass is 9.91. The van der Waals surface area contributed by atoms with Gasteiger partial charge in [-0.2, -0.15) is 0 Å². The molecule has 1 aliphatic heterocycles. The SMILES string of the molecule is C=CCC1CCOc2c(ccc3c2c2ccccc2n3CC)/C1=N/OC(C)=O. The summed E-state index contributed by atoms with van der Waals surface area (Å²) in [5.41, 5.74) is 3.95. The molecule has 0 radical (unpaired) electrons. The third-order valence-electron chi connectivity index (χ3n) is 5.31. The first-order chi connectivity index (χ1) is 13.7. The number of para-hydroxylation sites is 1. The van der Waals surface area contributed by atoms with Gasteiger partial charge in [-0.1, -0.05) is 29.4 Å². The summed E-state index contributed by atoms with van der Waals surface area (Å²) in [6, 6.07) is 12.5. The van der Waals surface area contributed by atoms with Gasteiger partial charge in [0.2, 0.25) is 0 Å². The Morgan fingerprint density at radius 3 is 2.89 bits per heavy atom. The van der Waals surface area contributed by atoms with Crippen molar-refractivity contribution in [2.45, 2.75) is 33.2 Å². The molecule has 0 bridgehead atoms. The van der Waals surface area contributed by atoms with Gasteiger partial charge in [-0.25, -0.2) is 4.79 Å². The van der Waals surface area contributed by atoms with E-state index in [-0.39, 0.29) is 5.92 Å². The van der Waals surface area contributed by atoms with Crippen molar-refractivity contribution in [3.63, 3.8) is 0 Å². The summed E-state index contributed by atoms with van der Waals surface area (Å²) in [5, 5.41) is 6.48. The maximum absolute atomic E-state index is 11.4. The van der Waals surface area contributed by atoms with Gasteiger partial charge in [-0.15, -0.1) is 6.58 Å². The summed E-state index contributed by atoms with van der Waals surface area (Å²) >= 11 is 0. The van der Waals surface area contributed by atoms with Crippen molar-refractivity contribution in [1.29, 1.82) is 0 Å². The lowest BCUT2D eigenvalue weighted by molar-refractivity contribution is -0.140. The monoisotopic (exact) mass is 376 g/mol. The number of benzene rings is 2. The Balaban J connectivity index is 2.02. The Bertz CT molecular complexity index is 1090. The van der Waals surface area contributed by atoms with Crippen molar-refractivity contribution in [3.05, 3.63) is 54.6 Å². The Morgan fingerprint density at radius 2 is 2.14 bits per heavy atom. The summed E-state index contributed by atoms with van der Waals surface area (Å²) in [6.07, 6.45) is 3.41. The number of carbonyl (C=O) groups is 1. The number of nitrogens with zero attached hydrogens (tertiary/aromatic N) is 2. The number of allylic oxidation sites excluding steroid dienone is 1. The molecular formula is C23H24N2O3. The lowest BCUT2D eigenvalue weighted by Gasteiger charge is -2.14. The number of ether oxygens (including phenoxy) is 1. The first-order valence-corrected chi connectivity index (χ1v) is 9.69. The predicted octanol–water partition coefficient (Wildman–Crippen LogP) is 5.06. The average Bonchev–Trinajstić information content (AvgIpc) is 2.91. The molecule has 0 aliphatic carbocycles. The highest BCUT2D eigenvalue weighted by Gasteiger charge is 2.28. The average molecular weight is 376 g/mol. The molecule has 4 rings (SSSR count). The molecule has 28 heavy (non-hydrogen) atoms. The molecule has 1 atom stereocenters. The van der Waals surface area contributed by atoms with Gasteiger partial charge in [0.1, 0.15) is 5.75 Å². The molecule has 1 aliphatic rings. The zero-order chi connectivity index (χ0) is 19.7. The van der Waals surface area contributed by atoms with Crippen molar-refractivity contribution >= 4 is 33.5 Å². The first-order valence-electron chi connectivity index (χ1n) is 9.69. The van der Waals surface area contributed by atoms with Crippen LogP contribution in [0, 0.1) is 5.92 Å². The van der Waals surface area contributed by atoms with Gasteiger partial charge in [-0.05, 0) is 38.0 Å². The second-order valence-electron chi connectivity index (χ2n) is 7.02. The van der Waals surface area contributed by atoms with E-state index in [1.165, 1.54) is 12.4 Å². The third-order valence-corrected chi connectivity index (χ3v) is 5.31. The highest BCUT2D eigenvalue weighted by Crippen LogP contribution is 2.41. The van der Waals surface area contributed by atoms with Crippen molar-refractivity contribution in [1.82, 2.24) is 4.57 Å². The van der Waals surface area contributed by atoms with Crippen LogP contribution < -0.4 is 4.74 Å². The van der Waals surface area contributed by atoms with Crippen LogP contribution in [0.5, 0.6) is 5.75 Å². The molecule has 0 fully saturated rings. The molecule has 3 aromatic rings. The van der Waals surface area contributed by atoms with Gasteiger partial charge in [0.15, 0.2) is 0 Å². The molecule has 0 amide bonds. The standard InChI is InChI=1S/C23H24N2O3/c1-4-8-16-13-14-27-23-18(22(16)24-28-15(3)26)11-12-20-21(23)17-9-6-7-10-19(17)25(20)5-2/h4,6-7,9-12,16H,1,5,8,13-14H2,2-3H3/b24-22+. The molecule has 0 saturated heterocycles. The van der Waals surface area contributed by atoms with E-state index in [1.807, 2.05) is 18.2 Å². The lowest BCUT2D eigenvalue weighted by Crippen LogP contribution is -2.16. The van der Waals surface area contributed by atoms with Crippen LogP contribution in [0.25, 0.3) is 21.8 Å². The molecule has 5 heteroatoms. The van der Waals surface area contributed by atoms with E-state index in [2.05, 4.69) is 47.5 Å². The highest BCUT2D eigenvalue weighted by molar-refractivity contribution is 6.16.